The van der Waals surface area contributed by atoms with E-state index in [1.165, 1.54) is 11.6 Å². The van der Waals surface area contributed by atoms with Gasteiger partial charge in [0.05, 0.1) is 0 Å². The van der Waals surface area contributed by atoms with Crippen LogP contribution in [-0.2, 0) is 9.59 Å². The Morgan fingerprint density at radius 1 is 0.962 bits per heavy atom. The van der Waals surface area contributed by atoms with Crippen molar-refractivity contribution >= 4 is 23.9 Å². The van der Waals surface area contributed by atoms with Crippen LogP contribution in [0.1, 0.15) is 42.3 Å². The number of urea groups is 1. The van der Waals surface area contributed by atoms with Crippen LogP contribution in [0, 0.1) is 13.8 Å². The highest BCUT2D eigenvalue weighted by Gasteiger charge is 2.28. The van der Waals surface area contributed by atoms with E-state index in [0.717, 1.165) is 22.6 Å². The highest BCUT2D eigenvalue weighted by Crippen LogP contribution is 2.24. The molecule has 6 heteroatoms. The number of nitrogens with one attached hydrogen (secondary N) is 2. The predicted octanol–water partition coefficient (Wildman–Crippen LogP) is 2.97. The van der Waals surface area contributed by atoms with Crippen molar-refractivity contribution in [3.63, 3.8) is 0 Å². The molecule has 0 saturated carbocycles. The first-order chi connectivity index (χ1) is 12.3. The SMILES string of the molecule is Cc1cc(C=C2C(=O)NC(=O)NC2=O)c(C)n1-c1ccc(C(C)C)cc1. The third kappa shape index (κ3) is 3.18. The summed E-state index contributed by atoms with van der Waals surface area (Å²) in [6, 6.07) is 9.44. The number of nitrogens with zero attached hydrogens (tertiary/aromatic N) is 1. The average molecular weight is 351 g/mol. The van der Waals surface area contributed by atoms with Gasteiger partial charge in [0.2, 0.25) is 0 Å². The number of carbonyl (C=O) groups excluding carboxylic acids is 3. The van der Waals surface area contributed by atoms with Crippen molar-refractivity contribution in [3.8, 4) is 5.69 Å². The summed E-state index contributed by atoms with van der Waals surface area (Å²) in [7, 11) is 0. The Bertz CT molecular complexity index is 912. The average Bonchev–Trinajstić information content (AvgIpc) is 2.84. The number of carbonyl (C=O) groups is 3. The van der Waals surface area contributed by atoms with Crippen LogP contribution in [0.25, 0.3) is 11.8 Å². The van der Waals surface area contributed by atoms with Gasteiger partial charge in [0.1, 0.15) is 5.57 Å². The van der Waals surface area contributed by atoms with Gasteiger partial charge in [0.15, 0.2) is 0 Å². The first-order valence-electron chi connectivity index (χ1n) is 8.45. The van der Waals surface area contributed by atoms with E-state index < -0.39 is 17.8 Å². The normalized spacial score (nSPS) is 14.5. The first kappa shape index (κ1) is 17.7. The molecule has 1 fully saturated rings. The molecule has 4 amide bonds. The van der Waals surface area contributed by atoms with Gasteiger partial charge in [-0.3, -0.25) is 20.2 Å². The maximum absolute atomic E-state index is 11.9. The minimum atomic E-state index is -0.798. The molecule has 2 N–H and O–H groups in total. The van der Waals surface area contributed by atoms with Crippen LogP contribution in [0.15, 0.2) is 35.9 Å². The maximum Gasteiger partial charge on any atom is 0.328 e. The second-order valence-electron chi connectivity index (χ2n) is 6.70. The molecular weight excluding hydrogens is 330 g/mol. The summed E-state index contributed by atoms with van der Waals surface area (Å²) >= 11 is 0. The fourth-order valence-electron chi connectivity index (χ4n) is 3.10. The minimum Gasteiger partial charge on any atom is -0.318 e. The molecule has 0 spiro atoms. The number of aromatic nitrogens is 1. The van der Waals surface area contributed by atoms with Gasteiger partial charge in [-0.25, -0.2) is 4.79 Å². The van der Waals surface area contributed by atoms with Crippen molar-refractivity contribution in [1.82, 2.24) is 15.2 Å². The Morgan fingerprint density at radius 3 is 2.08 bits per heavy atom. The Balaban J connectivity index is 2.01. The Labute approximate surface area is 151 Å². The second kappa shape index (κ2) is 6.63. The molecule has 1 aromatic carbocycles. The summed E-state index contributed by atoms with van der Waals surface area (Å²) in [6.07, 6.45) is 1.51. The smallest absolute Gasteiger partial charge is 0.318 e. The Morgan fingerprint density at radius 2 is 1.54 bits per heavy atom. The van der Waals surface area contributed by atoms with Gasteiger partial charge in [0, 0.05) is 17.1 Å². The number of rotatable bonds is 3. The van der Waals surface area contributed by atoms with E-state index in [1.807, 2.05) is 19.9 Å². The lowest BCUT2D eigenvalue weighted by Gasteiger charge is -2.14. The van der Waals surface area contributed by atoms with E-state index in [9.17, 15) is 14.4 Å². The molecule has 1 aromatic heterocycles. The summed E-state index contributed by atoms with van der Waals surface area (Å²) in [5, 5.41) is 4.17. The van der Waals surface area contributed by atoms with Crippen LogP contribution in [0.3, 0.4) is 0 Å². The van der Waals surface area contributed by atoms with Gasteiger partial charge in [0.25, 0.3) is 11.8 Å². The van der Waals surface area contributed by atoms with Gasteiger partial charge in [-0.05, 0) is 55.2 Å². The zero-order chi connectivity index (χ0) is 19.0. The van der Waals surface area contributed by atoms with Gasteiger partial charge < -0.3 is 4.57 Å². The maximum atomic E-state index is 11.9. The summed E-state index contributed by atoms with van der Waals surface area (Å²) in [5.41, 5.74) is 4.84. The van der Waals surface area contributed by atoms with E-state index in [1.54, 1.807) is 0 Å². The number of barbiturate groups is 1. The van der Waals surface area contributed by atoms with E-state index in [4.69, 9.17) is 0 Å². The number of aryl methyl sites for hydroxylation is 1. The molecule has 6 nitrogen and oxygen atoms in total. The number of amides is 4. The standard InChI is InChI=1S/C20H21N3O3/c1-11(2)14-5-7-16(8-6-14)23-12(3)9-15(13(23)4)10-17-18(24)21-20(26)22-19(17)25/h5-11H,1-4H3,(H2,21,22,24,25,26). The zero-order valence-corrected chi connectivity index (χ0v) is 15.2. The van der Waals surface area contributed by atoms with E-state index in [2.05, 4.69) is 53.3 Å². The molecule has 3 rings (SSSR count). The lowest BCUT2D eigenvalue weighted by Crippen LogP contribution is -2.51. The summed E-state index contributed by atoms with van der Waals surface area (Å²) in [4.78, 5) is 35.0. The van der Waals surface area contributed by atoms with Crippen LogP contribution < -0.4 is 10.6 Å². The highest BCUT2D eigenvalue weighted by atomic mass is 16.2. The molecule has 1 aliphatic heterocycles. The molecular formula is C20H21N3O3. The van der Waals surface area contributed by atoms with E-state index in [-0.39, 0.29) is 5.57 Å². The molecule has 26 heavy (non-hydrogen) atoms. The van der Waals surface area contributed by atoms with E-state index in [0.29, 0.717) is 5.92 Å². The number of benzene rings is 1. The molecule has 134 valence electrons. The van der Waals surface area contributed by atoms with Crippen molar-refractivity contribution in [2.45, 2.75) is 33.6 Å². The molecule has 1 aliphatic rings. The molecule has 0 aliphatic carbocycles. The fraction of sp³-hybridized carbons (Fsp3) is 0.250. The summed E-state index contributed by atoms with van der Waals surface area (Å²) < 4.78 is 2.07. The summed E-state index contributed by atoms with van der Waals surface area (Å²) in [5.74, 6) is -0.920. The van der Waals surface area contributed by atoms with Crippen LogP contribution in [-0.4, -0.2) is 22.4 Å². The zero-order valence-electron chi connectivity index (χ0n) is 15.2. The molecule has 0 atom stereocenters. The van der Waals surface area contributed by atoms with E-state index >= 15 is 0 Å². The Hall–Kier alpha value is -3.15. The van der Waals surface area contributed by atoms with Crippen LogP contribution in [0.5, 0.6) is 0 Å². The molecule has 2 aromatic rings. The molecule has 0 radical (unpaired) electrons. The van der Waals surface area contributed by atoms with Crippen molar-refractivity contribution in [2.75, 3.05) is 0 Å². The highest BCUT2D eigenvalue weighted by molar-refractivity contribution is 6.31. The topological polar surface area (TPSA) is 80.2 Å². The number of imide groups is 2. The van der Waals surface area contributed by atoms with Crippen LogP contribution in [0.4, 0.5) is 4.79 Å². The Kier molecular flexibility index (Phi) is 4.50. The van der Waals surface area contributed by atoms with Crippen molar-refractivity contribution in [1.29, 1.82) is 0 Å². The molecule has 2 heterocycles. The first-order valence-corrected chi connectivity index (χ1v) is 8.45. The largest absolute Gasteiger partial charge is 0.328 e. The molecule has 1 saturated heterocycles. The van der Waals surface area contributed by atoms with Crippen molar-refractivity contribution < 1.29 is 14.4 Å². The fourth-order valence-corrected chi connectivity index (χ4v) is 3.10. The molecule has 0 unspecified atom stereocenters. The van der Waals surface area contributed by atoms with Crippen LogP contribution >= 0.6 is 0 Å². The molecule has 0 bridgehead atoms. The lowest BCUT2D eigenvalue weighted by atomic mass is 10.0. The second-order valence-corrected chi connectivity index (χ2v) is 6.70. The number of hydrogen-bond acceptors (Lipinski definition) is 3. The van der Waals surface area contributed by atoms with Gasteiger partial charge in [-0.1, -0.05) is 26.0 Å². The number of hydrogen-bond donors (Lipinski definition) is 2. The van der Waals surface area contributed by atoms with Gasteiger partial charge in [-0.15, -0.1) is 0 Å². The lowest BCUT2D eigenvalue weighted by molar-refractivity contribution is -0.123. The minimum absolute atomic E-state index is 0.0833. The van der Waals surface area contributed by atoms with Gasteiger partial charge >= 0.3 is 6.03 Å². The van der Waals surface area contributed by atoms with Crippen molar-refractivity contribution in [3.05, 3.63) is 58.4 Å². The monoisotopic (exact) mass is 351 g/mol. The van der Waals surface area contributed by atoms with Crippen LogP contribution in [0.2, 0.25) is 0 Å². The predicted molar refractivity (Wildman–Crippen MR) is 99.0 cm³/mol. The third-order valence-corrected chi connectivity index (χ3v) is 4.53. The third-order valence-electron chi connectivity index (χ3n) is 4.53. The summed E-state index contributed by atoms with van der Waals surface area (Å²) in [6.45, 7) is 8.20. The quantitative estimate of drug-likeness (QED) is 0.659. The van der Waals surface area contributed by atoms with Crippen molar-refractivity contribution in [2.24, 2.45) is 0 Å². The van der Waals surface area contributed by atoms with Gasteiger partial charge in [-0.2, -0.15) is 0 Å².